The number of nitrogens with zero attached hydrogens (tertiary/aromatic N) is 1. The third-order valence-corrected chi connectivity index (χ3v) is 5.89. The summed E-state index contributed by atoms with van der Waals surface area (Å²) in [6.07, 6.45) is 4.75. The van der Waals surface area contributed by atoms with Gasteiger partial charge in [0.1, 0.15) is 5.75 Å². The molecular formula is C16H26N2O3S. The van der Waals surface area contributed by atoms with Gasteiger partial charge in [-0.05, 0) is 43.5 Å². The standard InChI is InChI=1S/C16H26N2O3S/c1-2-3-4-13-21-15-5-7-16(8-6-15)22(19,20)18-11-9-14(17)10-12-18/h5-8,14H,2-4,9-13,17H2,1H3. The van der Waals surface area contributed by atoms with Crippen molar-refractivity contribution in [3.05, 3.63) is 24.3 Å². The summed E-state index contributed by atoms with van der Waals surface area (Å²) in [4.78, 5) is 0.323. The molecule has 0 spiro atoms. The van der Waals surface area contributed by atoms with Crippen LogP contribution in [0.5, 0.6) is 5.75 Å². The van der Waals surface area contributed by atoms with E-state index >= 15 is 0 Å². The molecule has 1 saturated heterocycles. The molecule has 0 unspecified atom stereocenters. The average molecular weight is 326 g/mol. The van der Waals surface area contributed by atoms with E-state index in [4.69, 9.17) is 10.5 Å². The molecule has 0 aromatic heterocycles. The lowest BCUT2D eigenvalue weighted by molar-refractivity contribution is 0.306. The molecule has 124 valence electrons. The Kier molecular flexibility index (Phi) is 6.23. The van der Waals surface area contributed by atoms with E-state index < -0.39 is 10.0 Å². The van der Waals surface area contributed by atoms with Gasteiger partial charge in [0.2, 0.25) is 10.0 Å². The van der Waals surface area contributed by atoms with Crippen LogP contribution in [0.3, 0.4) is 0 Å². The van der Waals surface area contributed by atoms with Crippen molar-refractivity contribution in [2.24, 2.45) is 5.73 Å². The highest BCUT2D eigenvalue weighted by molar-refractivity contribution is 7.89. The molecular weight excluding hydrogens is 300 g/mol. The van der Waals surface area contributed by atoms with Crippen molar-refractivity contribution in [3.63, 3.8) is 0 Å². The molecule has 0 radical (unpaired) electrons. The molecule has 1 aromatic carbocycles. The molecule has 0 atom stereocenters. The topological polar surface area (TPSA) is 72.6 Å². The summed E-state index contributed by atoms with van der Waals surface area (Å²) < 4.78 is 32.2. The molecule has 1 aliphatic heterocycles. The van der Waals surface area contributed by atoms with Gasteiger partial charge in [0.15, 0.2) is 0 Å². The van der Waals surface area contributed by atoms with Crippen molar-refractivity contribution < 1.29 is 13.2 Å². The van der Waals surface area contributed by atoms with Gasteiger partial charge in [-0.3, -0.25) is 0 Å². The highest BCUT2D eigenvalue weighted by Crippen LogP contribution is 2.22. The number of unbranched alkanes of at least 4 members (excludes halogenated alkanes) is 2. The van der Waals surface area contributed by atoms with Crippen LogP contribution in [0.25, 0.3) is 0 Å². The number of piperidine rings is 1. The lowest BCUT2D eigenvalue weighted by atomic mass is 10.1. The van der Waals surface area contributed by atoms with Gasteiger partial charge in [-0.2, -0.15) is 4.31 Å². The van der Waals surface area contributed by atoms with Gasteiger partial charge >= 0.3 is 0 Å². The fourth-order valence-electron chi connectivity index (χ4n) is 2.52. The smallest absolute Gasteiger partial charge is 0.243 e. The number of hydrogen-bond acceptors (Lipinski definition) is 4. The Morgan fingerprint density at radius 1 is 1.18 bits per heavy atom. The van der Waals surface area contributed by atoms with E-state index in [0.29, 0.717) is 24.6 Å². The van der Waals surface area contributed by atoms with E-state index in [1.54, 1.807) is 24.3 Å². The molecule has 2 N–H and O–H groups in total. The number of ether oxygens (including phenoxy) is 1. The minimum absolute atomic E-state index is 0.116. The van der Waals surface area contributed by atoms with Crippen molar-refractivity contribution in [1.29, 1.82) is 0 Å². The fourth-order valence-corrected chi connectivity index (χ4v) is 3.98. The molecule has 2 rings (SSSR count). The monoisotopic (exact) mass is 326 g/mol. The van der Waals surface area contributed by atoms with Crippen LogP contribution in [0, 0.1) is 0 Å². The zero-order chi connectivity index (χ0) is 16.0. The zero-order valence-corrected chi connectivity index (χ0v) is 14.0. The lowest BCUT2D eigenvalue weighted by Gasteiger charge is -2.29. The number of rotatable bonds is 7. The number of sulfonamides is 1. The highest BCUT2D eigenvalue weighted by Gasteiger charge is 2.28. The summed E-state index contributed by atoms with van der Waals surface area (Å²) in [5.41, 5.74) is 5.83. The van der Waals surface area contributed by atoms with Gasteiger partial charge in [-0.1, -0.05) is 19.8 Å². The molecule has 1 aromatic rings. The molecule has 5 nitrogen and oxygen atoms in total. The SMILES string of the molecule is CCCCCOc1ccc(S(=O)(=O)N2CCC(N)CC2)cc1. The van der Waals surface area contributed by atoms with Crippen LogP contribution >= 0.6 is 0 Å². The molecule has 0 amide bonds. The molecule has 0 saturated carbocycles. The zero-order valence-electron chi connectivity index (χ0n) is 13.2. The van der Waals surface area contributed by atoms with Crippen LogP contribution < -0.4 is 10.5 Å². The van der Waals surface area contributed by atoms with E-state index in [9.17, 15) is 8.42 Å². The Hall–Kier alpha value is -1.11. The van der Waals surface area contributed by atoms with Crippen molar-refractivity contribution in [2.75, 3.05) is 19.7 Å². The van der Waals surface area contributed by atoms with Gasteiger partial charge < -0.3 is 10.5 Å². The van der Waals surface area contributed by atoms with Gasteiger partial charge in [0.05, 0.1) is 11.5 Å². The van der Waals surface area contributed by atoms with Gasteiger partial charge in [0, 0.05) is 19.1 Å². The lowest BCUT2D eigenvalue weighted by Crippen LogP contribution is -2.42. The van der Waals surface area contributed by atoms with Crippen LogP contribution in [0.2, 0.25) is 0 Å². The molecule has 1 aliphatic rings. The Morgan fingerprint density at radius 2 is 1.82 bits per heavy atom. The van der Waals surface area contributed by atoms with Crippen molar-refractivity contribution in [3.8, 4) is 5.75 Å². The van der Waals surface area contributed by atoms with Crippen LogP contribution in [0.15, 0.2) is 29.2 Å². The molecule has 6 heteroatoms. The first kappa shape index (κ1) is 17.2. The summed E-state index contributed by atoms with van der Waals surface area (Å²) in [5.74, 6) is 0.718. The number of benzene rings is 1. The van der Waals surface area contributed by atoms with Crippen molar-refractivity contribution in [2.45, 2.75) is 50.0 Å². The molecule has 1 heterocycles. The molecule has 1 fully saturated rings. The normalized spacial score (nSPS) is 17.5. The second-order valence-corrected chi connectivity index (χ2v) is 7.71. The summed E-state index contributed by atoms with van der Waals surface area (Å²) in [5, 5.41) is 0. The Bertz CT molecular complexity index is 549. The first-order valence-electron chi connectivity index (χ1n) is 8.02. The maximum Gasteiger partial charge on any atom is 0.243 e. The third-order valence-electron chi connectivity index (χ3n) is 3.98. The maximum atomic E-state index is 12.5. The predicted octanol–water partition coefficient (Wildman–Crippen LogP) is 2.37. The Morgan fingerprint density at radius 3 is 2.41 bits per heavy atom. The quantitative estimate of drug-likeness (QED) is 0.781. The number of nitrogens with two attached hydrogens (primary N) is 1. The number of hydrogen-bond donors (Lipinski definition) is 1. The highest BCUT2D eigenvalue weighted by atomic mass is 32.2. The summed E-state index contributed by atoms with van der Waals surface area (Å²) in [6, 6.07) is 6.83. The van der Waals surface area contributed by atoms with Crippen LogP contribution in [-0.4, -0.2) is 38.5 Å². The van der Waals surface area contributed by atoms with Gasteiger partial charge in [-0.25, -0.2) is 8.42 Å². The summed E-state index contributed by atoms with van der Waals surface area (Å²) in [7, 11) is -3.41. The van der Waals surface area contributed by atoms with E-state index in [1.165, 1.54) is 4.31 Å². The first-order chi connectivity index (χ1) is 10.5. The molecule has 0 bridgehead atoms. The van der Waals surface area contributed by atoms with E-state index in [-0.39, 0.29) is 6.04 Å². The second kappa shape index (κ2) is 7.94. The maximum absolute atomic E-state index is 12.5. The van der Waals surface area contributed by atoms with Gasteiger partial charge in [-0.15, -0.1) is 0 Å². The van der Waals surface area contributed by atoms with E-state index in [2.05, 4.69) is 6.92 Å². The van der Waals surface area contributed by atoms with Crippen LogP contribution in [0.1, 0.15) is 39.0 Å². The third kappa shape index (κ3) is 4.44. The van der Waals surface area contributed by atoms with Gasteiger partial charge in [0.25, 0.3) is 0 Å². The second-order valence-electron chi connectivity index (χ2n) is 5.77. The predicted molar refractivity (Wildman–Crippen MR) is 87.4 cm³/mol. The largest absolute Gasteiger partial charge is 0.494 e. The summed E-state index contributed by atoms with van der Waals surface area (Å²) in [6.45, 7) is 3.81. The minimum Gasteiger partial charge on any atom is -0.494 e. The fraction of sp³-hybridized carbons (Fsp3) is 0.625. The Labute approximate surface area is 133 Å². The van der Waals surface area contributed by atoms with Crippen molar-refractivity contribution in [1.82, 2.24) is 4.31 Å². The minimum atomic E-state index is -3.41. The van der Waals surface area contributed by atoms with Crippen LogP contribution in [0.4, 0.5) is 0 Å². The molecule has 22 heavy (non-hydrogen) atoms. The Balaban J connectivity index is 1.96. The van der Waals surface area contributed by atoms with Crippen molar-refractivity contribution >= 4 is 10.0 Å². The van der Waals surface area contributed by atoms with E-state index in [0.717, 1.165) is 37.9 Å². The first-order valence-corrected chi connectivity index (χ1v) is 9.46. The van der Waals surface area contributed by atoms with E-state index in [1.807, 2.05) is 0 Å². The summed E-state index contributed by atoms with van der Waals surface area (Å²) >= 11 is 0. The average Bonchev–Trinajstić information content (AvgIpc) is 2.52. The molecule has 0 aliphatic carbocycles. The van der Waals surface area contributed by atoms with Crippen LogP contribution in [-0.2, 0) is 10.0 Å².